The van der Waals surface area contributed by atoms with Crippen LogP contribution in [0.15, 0.2) is 0 Å². The van der Waals surface area contributed by atoms with Crippen LogP contribution in [-0.2, 0) is 6.42 Å². The summed E-state index contributed by atoms with van der Waals surface area (Å²) < 4.78 is 17.5. The lowest BCUT2D eigenvalue weighted by molar-refractivity contribution is 0.588. The van der Waals surface area contributed by atoms with E-state index in [1.807, 2.05) is 11.3 Å². The average Bonchev–Trinajstić information content (AvgIpc) is 2.71. The van der Waals surface area contributed by atoms with Crippen LogP contribution in [0.1, 0.15) is 51.0 Å². The Morgan fingerprint density at radius 2 is 1.27 bits per heavy atom. The molecule has 0 atom stereocenters. The fraction of sp³-hybridized carbons (Fsp3) is 0.778. The van der Waals surface area contributed by atoms with Crippen LogP contribution in [0.3, 0.4) is 0 Å². The first kappa shape index (κ1) is 20.1. The third-order valence-corrected chi connectivity index (χ3v) is 12.5. The first-order valence-electron chi connectivity index (χ1n) is 8.91. The molecule has 1 rings (SSSR count). The van der Waals surface area contributed by atoms with Gasteiger partial charge in [0.15, 0.2) is 0 Å². The molecule has 0 aromatic carbocycles. The number of hydrogen-bond donors (Lipinski definition) is 0. The first-order chi connectivity index (χ1) is 10.1. The molecule has 0 nitrogen and oxygen atoms in total. The molecule has 0 spiro atoms. The van der Waals surface area contributed by atoms with Crippen molar-refractivity contribution in [3.63, 3.8) is 0 Å². The Hall–Kier alpha value is 0.0638. The van der Waals surface area contributed by atoms with E-state index in [0.717, 1.165) is 22.9 Å². The van der Waals surface area contributed by atoms with E-state index in [-0.39, 0.29) is 5.82 Å². The lowest BCUT2D eigenvalue weighted by atomic mass is 10.1. The Balaban J connectivity index is 2.86. The van der Waals surface area contributed by atoms with Gasteiger partial charge in [0.1, 0.15) is 5.82 Å². The summed E-state index contributed by atoms with van der Waals surface area (Å²) in [4.78, 5) is 0. The molecule has 1 aromatic rings. The highest BCUT2D eigenvalue weighted by atomic mass is 32.1. The van der Waals surface area contributed by atoms with Crippen molar-refractivity contribution in [2.75, 3.05) is 0 Å². The summed E-state index contributed by atoms with van der Waals surface area (Å²) in [6.07, 6.45) is 8.64. The fourth-order valence-corrected chi connectivity index (χ4v) is 8.89. The molecule has 1 heterocycles. The molecule has 0 aliphatic heterocycles. The largest absolute Gasteiger partial charge is 0.206 e. The Kier molecular flexibility index (Phi) is 7.54. The van der Waals surface area contributed by atoms with Crippen molar-refractivity contribution >= 4 is 36.5 Å². The van der Waals surface area contributed by atoms with Gasteiger partial charge in [-0.1, -0.05) is 78.3 Å². The molecule has 0 amide bonds. The van der Waals surface area contributed by atoms with E-state index in [9.17, 15) is 0 Å². The van der Waals surface area contributed by atoms with Crippen molar-refractivity contribution in [2.24, 2.45) is 0 Å². The van der Waals surface area contributed by atoms with Crippen LogP contribution >= 0.6 is 11.3 Å². The molecule has 0 aliphatic rings. The summed E-state index contributed by atoms with van der Waals surface area (Å²) in [7, 11) is -3.01. The van der Waals surface area contributed by atoms with Gasteiger partial charge in [0.2, 0.25) is 0 Å². The third kappa shape index (κ3) is 5.61. The van der Waals surface area contributed by atoms with Crippen LogP contribution in [0.5, 0.6) is 0 Å². The molecule has 0 unspecified atom stereocenters. The van der Waals surface area contributed by atoms with Crippen LogP contribution in [-0.4, -0.2) is 16.1 Å². The van der Waals surface area contributed by atoms with Crippen LogP contribution in [0.4, 0.5) is 4.39 Å². The fourth-order valence-electron chi connectivity index (χ4n) is 2.84. The normalized spacial score (nSPS) is 12.9. The SMILES string of the molecule is CCCCCCCCc1c([Si](C)(C)C)sc([Si](C)(C)C)c1F. The van der Waals surface area contributed by atoms with Gasteiger partial charge in [-0.2, -0.15) is 11.3 Å². The summed E-state index contributed by atoms with van der Waals surface area (Å²) in [6.45, 7) is 16.1. The van der Waals surface area contributed by atoms with E-state index in [2.05, 4.69) is 46.2 Å². The van der Waals surface area contributed by atoms with Crippen LogP contribution in [0, 0.1) is 5.82 Å². The molecular formula is C18H35FSSi2. The zero-order chi connectivity index (χ0) is 17.0. The van der Waals surface area contributed by atoms with E-state index in [4.69, 9.17) is 0 Å². The second-order valence-electron chi connectivity index (χ2n) is 8.57. The average molecular weight is 359 g/mol. The van der Waals surface area contributed by atoms with Crippen molar-refractivity contribution in [3.05, 3.63) is 11.4 Å². The quantitative estimate of drug-likeness (QED) is 0.382. The lowest BCUT2D eigenvalue weighted by Gasteiger charge is -2.17. The van der Waals surface area contributed by atoms with Gasteiger partial charge in [-0.3, -0.25) is 0 Å². The zero-order valence-corrected chi connectivity index (χ0v) is 18.6. The lowest BCUT2D eigenvalue weighted by Crippen LogP contribution is -2.39. The van der Waals surface area contributed by atoms with E-state index in [1.165, 1.54) is 36.6 Å². The second-order valence-corrected chi connectivity index (χ2v) is 20.3. The maximum atomic E-state index is 15.0. The van der Waals surface area contributed by atoms with Gasteiger partial charge in [-0.25, -0.2) is 4.39 Å². The molecule has 1 aromatic heterocycles. The standard InChI is InChI=1S/C18H35FSSi2/c1-8-9-10-11-12-13-14-15-16(19)18(22(5,6)7)20-17(15)21(2,3)4/h8-14H2,1-7H3. The molecule has 0 saturated carbocycles. The van der Waals surface area contributed by atoms with Crippen molar-refractivity contribution in [1.82, 2.24) is 0 Å². The van der Waals surface area contributed by atoms with Gasteiger partial charge in [-0.15, -0.1) is 0 Å². The number of rotatable bonds is 9. The highest BCUT2D eigenvalue weighted by molar-refractivity contribution is 7.35. The molecule has 0 radical (unpaired) electrons. The zero-order valence-electron chi connectivity index (χ0n) is 15.7. The van der Waals surface area contributed by atoms with Crippen LogP contribution in [0.25, 0.3) is 0 Å². The highest BCUT2D eigenvalue weighted by Crippen LogP contribution is 2.22. The number of halogens is 1. The van der Waals surface area contributed by atoms with Crippen molar-refractivity contribution in [3.8, 4) is 0 Å². The Morgan fingerprint density at radius 3 is 1.77 bits per heavy atom. The van der Waals surface area contributed by atoms with Gasteiger partial charge in [-0.05, 0) is 22.9 Å². The minimum Gasteiger partial charge on any atom is -0.206 e. The summed E-state index contributed by atoms with van der Waals surface area (Å²) >= 11 is 1.82. The van der Waals surface area contributed by atoms with Gasteiger partial charge >= 0.3 is 0 Å². The maximum Gasteiger partial charge on any atom is 0.135 e. The summed E-state index contributed by atoms with van der Waals surface area (Å²) in [5.74, 6) is 0.176. The van der Waals surface area contributed by atoms with Crippen molar-refractivity contribution in [2.45, 2.75) is 91.2 Å². The van der Waals surface area contributed by atoms with Gasteiger partial charge in [0.05, 0.1) is 16.1 Å². The minimum absolute atomic E-state index is 0.176. The van der Waals surface area contributed by atoms with E-state index in [1.54, 1.807) is 0 Å². The second kappa shape index (κ2) is 8.25. The minimum atomic E-state index is -1.57. The van der Waals surface area contributed by atoms with Crippen molar-refractivity contribution < 1.29 is 4.39 Å². The molecule has 4 heteroatoms. The van der Waals surface area contributed by atoms with Gasteiger partial charge < -0.3 is 0 Å². The van der Waals surface area contributed by atoms with Gasteiger partial charge in [0.25, 0.3) is 0 Å². The molecule has 0 fully saturated rings. The van der Waals surface area contributed by atoms with Crippen molar-refractivity contribution in [1.29, 1.82) is 0 Å². The van der Waals surface area contributed by atoms with Gasteiger partial charge in [0, 0.05) is 4.50 Å². The summed E-state index contributed by atoms with van der Waals surface area (Å²) in [5.41, 5.74) is 1.09. The molecule has 22 heavy (non-hydrogen) atoms. The maximum absolute atomic E-state index is 15.0. The van der Waals surface area contributed by atoms with Crippen LogP contribution < -0.4 is 9.00 Å². The number of thiophene rings is 1. The Labute approximate surface area is 143 Å². The molecule has 0 aliphatic carbocycles. The third-order valence-electron chi connectivity index (χ3n) is 4.09. The van der Waals surface area contributed by atoms with E-state index < -0.39 is 16.1 Å². The number of hydrogen-bond acceptors (Lipinski definition) is 1. The Bertz CT molecular complexity index is 467. The van der Waals surface area contributed by atoms with E-state index in [0.29, 0.717) is 0 Å². The molecule has 0 saturated heterocycles. The predicted molar refractivity (Wildman–Crippen MR) is 107 cm³/mol. The van der Waals surface area contributed by atoms with Crippen LogP contribution in [0.2, 0.25) is 39.3 Å². The first-order valence-corrected chi connectivity index (χ1v) is 16.7. The predicted octanol–water partition coefficient (Wildman–Crippen LogP) is 5.88. The smallest absolute Gasteiger partial charge is 0.135 e. The van der Waals surface area contributed by atoms with E-state index >= 15 is 4.39 Å². The highest BCUT2D eigenvalue weighted by Gasteiger charge is 2.32. The summed E-state index contributed by atoms with van der Waals surface area (Å²) in [6, 6.07) is 0. The molecule has 128 valence electrons. The molecule has 0 N–H and O–H groups in total. The Morgan fingerprint density at radius 1 is 0.773 bits per heavy atom. The topological polar surface area (TPSA) is 0 Å². The summed E-state index contributed by atoms with van der Waals surface area (Å²) in [5, 5.41) is 0. The number of unbranched alkanes of at least 4 members (excludes halogenated alkanes) is 5. The molecule has 0 bridgehead atoms. The monoisotopic (exact) mass is 358 g/mol. The molecular weight excluding hydrogens is 323 g/mol.